The van der Waals surface area contributed by atoms with Crippen molar-refractivity contribution in [3.63, 3.8) is 0 Å². The molecule has 0 aliphatic rings. The molecule has 0 saturated carbocycles. The fourth-order valence-corrected chi connectivity index (χ4v) is 2.20. The number of rotatable bonds is 1. The van der Waals surface area contributed by atoms with Gasteiger partial charge in [-0.2, -0.15) is 0 Å². The minimum absolute atomic E-state index is 0.821. The molecule has 0 saturated heterocycles. The SMILES string of the molecule is O[PH](S)(S)c1ccccc1. The summed E-state index contributed by atoms with van der Waals surface area (Å²) in [7, 11) is 0. The molecule has 0 amide bonds. The Hall–Kier alpha value is 0.310. The average Bonchev–Trinajstić information content (AvgIpc) is 1.88. The molecule has 1 rings (SSSR count). The van der Waals surface area contributed by atoms with Gasteiger partial charge in [0.25, 0.3) is 0 Å². The predicted molar refractivity (Wildman–Crippen MR) is 54.6 cm³/mol. The number of hydrogen-bond donors (Lipinski definition) is 3. The van der Waals surface area contributed by atoms with E-state index in [0.717, 1.165) is 5.30 Å². The normalized spacial score (nSPS) is 13.1. The number of thiol groups is 2. The zero-order valence-electron chi connectivity index (χ0n) is 5.23. The third-order valence-corrected chi connectivity index (χ3v) is 3.82. The molecule has 0 heterocycles. The van der Waals surface area contributed by atoms with Gasteiger partial charge < -0.3 is 0 Å². The van der Waals surface area contributed by atoms with Crippen LogP contribution in [-0.2, 0) is 0 Å². The first-order chi connectivity index (χ1) is 4.61. The third-order valence-electron chi connectivity index (χ3n) is 1.16. The Kier molecular flexibility index (Phi) is 2.64. The molecule has 1 aromatic rings. The molecule has 0 radical (unpaired) electrons. The monoisotopic (exact) mass is 192 g/mol. The first-order valence-corrected chi connectivity index (χ1v) is 7.36. The van der Waals surface area contributed by atoms with Crippen LogP contribution in [0.15, 0.2) is 30.3 Å². The first kappa shape index (κ1) is 8.41. The van der Waals surface area contributed by atoms with Gasteiger partial charge in [-0.15, -0.1) is 0 Å². The number of benzene rings is 1. The molecule has 0 spiro atoms. The first-order valence-electron chi connectivity index (χ1n) is 2.83. The molecule has 0 aromatic heterocycles. The molecule has 1 aromatic carbocycles. The Bertz CT molecular complexity index is 207. The van der Waals surface area contributed by atoms with Crippen LogP contribution in [0.5, 0.6) is 0 Å². The van der Waals surface area contributed by atoms with E-state index >= 15 is 0 Å². The molecule has 4 heteroatoms. The third kappa shape index (κ3) is 2.17. The van der Waals surface area contributed by atoms with Crippen molar-refractivity contribution in [2.45, 2.75) is 0 Å². The summed E-state index contributed by atoms with van der Waals surface area (Å²) in [6, 6.07) is 9.27. The molecule has 56 valence electrons. The summed E-state index contributed by atoms with van der Waals surface area (Å²) >= 11 is 8.01. The molecule has 0 unspecified atom stereocenters. The second-order valence-electron chi connectivity index (χ2n) is 2.00. The van der Waals surface area contributed by atoms with E-state index in [1.165, 1.54) is 0 Å². The van der Waals surface area contributed by atoms with Gasteiger partial charge in [0.05, 0.1) is 0 Å². The van der Waals surface area contributed by atoms with Crippen molar-refractivity contribution in [2.75, 3.05) is 0 Å². The van der Waals surface area contributed by atoms with Crippen LogP contribution in [0.3, 0.4) is 0 Å². The molecule has 0 aliphatic carbocycles. The van der Waals surface area contributed by atoms with Crippen LogP contribution in [0, 0.1) is 0 Å². The van der Waals surface area contributed by atoms with Gasteiger partial charge in [0.1, 0.15) is 0 Å². The van der Waals surface area contributed by atoms with Crippen molar-refractivity contribution < 1.29 is 4.89 Å². The van der Waals surface area contributed by atoms with Gasteiger partial charge >= 0.3 is 70.9 Å². The fourth-order valence-electron chi connectivity index (χ4n) is 0.662. The molecular weight excluding hydrogens is 183 g/mol. The summed E-state index contributed by atoms with van der Waals surface area (Å²) in [6.45, 7) is 0. The average molecular weight is 192 g/mol. The topological polar surface area (TPSA) is 20.2 Å². The van der Waals surface area contributed by atoms with Crippen LogP contribution in [0.25, 0.3) is 0 Å². The van der Waals surface area contributed by atoms with E-state index in [-0.39, 0.29) is 0 Å². The summed E-state index contributed by atoms with van der Waals surface area (Å²) in [5, 5.41) is 0.821. The second kappa shape index (κ2) is 3.14. The van der Waals surface area contributed by atoms with Crippen molar-refractivity contribution in [1.82, 2.24) is 0 Å². The Morgan fingerprint density at radius 2 is 1.60 bits per heavy atom. The van der Waals surface area contributed by atoms with Crippen LogP contribution in [0.1, 0.15) is 0 Å². The van der Waals surface area contributed by atoms with Crippen molar-refractivity contribution in [2.24, 2.45) is 0 Å². The second-order valence-corrected chi connectivity index (χ2v) is 8.79. The summed E-state index contributed by atoms with van der Waals surface area (Å²) in [6.07, 6.45) is 0. The zero-order chi connectivity index (χ0) is 7.61. The van der Waals surface area contributed by atoms with Crippen LogP contribution in [0.4, 0.5) is 0 Å². The summed E-state index contributed by atoms with van der Waals surface area (Å²) in [5.74, 6) is -2.64. The van der Waals surface area contributed by atoms with E-state index in [2.05, 4.69) is 24.5 Å². The van der Waals surface area contributed by atoms with Gasteiger partial charge in [-0.25, -0.2) is 0 Å². The van der Waals surface area contributed by atoms with Gasteiger partial charge in [-0.3, -0.25) is 0 Å². The maximum absolute atomic E-state index is 9.36. The Labute approximate surface area is 71.2 Å². The molecular formula is C6H9OPS2. The summed E-state index contributed by atoms with van der Waals surface area (Å²) in [5.41, 5.74) is 0. The standard InChI is InChI=1S/C6H9OPS2/c7-8(9,10)6-4-2-1-3-5-6/h1-5,7-10H. The van der Waals surface area contributed by atoms with Crippen LogP contribution >= 0.6 is 30.4 Å². The van der Waals surface area contributed by atoms with Crippen molar-refractivity contribution in [3.8, 4) is 0 Å². The Morgan fingerprint density at radius 3 is 1.90 bits per heavy atom. The van der Waals surface area contributed by atoms with Gasteiger partial charge in [-0.1, -0.05) is 0 Å². The molecule has 0 aliphatic heterocycles. The Morgan fingerprint density at radius 1 is 1.10 bits per heavy atom. The minimum atomic E-state index is -2.64. The molecule has 0 atom stereocenters. The Balaban J connectivity index is 2.97. The van der Waals surface area contributed by atoms with Gasteiger partial charge in [0.2, 0.25) is 0 Å². The summed E-state index contributed by atoms with van der Waals surface area (Å²) in [4.78, 5) is 9.36. The van der Waals surface area contributed by atoms with E-state index in [1.807, 2.05) is 30.3 Å². The van der Waals surface area contributed by atoms with Crippen molar-refractivity contribution in [3.05, 3.63) is 30.3 Å². The molecule has 0 bridgehead atoms. The molecule has 1 N–H and O–H groups in total. The zero-order valence-corrected chi connectivity index (χ0v) is 8.02. The van der Waals surface area contributed by atoms with Crippen molar-refractivity contribution >= 4 is 35.7 Å². The quantitative estimate of drug-likeness (QED) is 0.456. The van der Waals surface area contributed by atoms with E-state index in [0.29, 0.717) is 0 Å². The van der Waals surface area contributed by atoms with E-state index < -0.39 is 5.89 Å². The van der Waals surface area contributed by atoms with Gasteiger partial charge in [-0.05, 0) is 0 Å². The van der Waals surface area contributed by atoms with Crippen LogP contribution in [0.2, 0.25) is 0 Å². The van der Waals surface area contributed by atoms with Crippen molar-refractivity contribution in [1.29, 1.82) is 0 Å². The molecule has 10 heavy (non-hydrogen) atoms. The van der Waals surface area contributed by atoms with E-state index in [1.54, 1.807) is 0 Å². The maximum atomic E-state index is 9.36. The van der Waals surface area contributed by atoms with Gasteiger partial charge in [0, 0.05) is 0 Å². The van der Waals surface area contributed by atoms with E-state index in [9.17, 15) is 4.89 Å². The summed E-state index contributed by atoms with van der Waals surface area (Å²) < 4.78 is 0. The molecule has 0 fully saturated rings. The van der Waals surface area contributed by atoms with E-state index in [4.69, 9.17) is 0 Å². The predicted octanol–water partition coefficient (Wildman–Crippen LogP) is 1.66. The van der Waals surface area contributed by atoms with Gasteiger partial charge in [0.15, 0.2) is 0 Å². The fraction of sp³-hybridized carbons (Fsp3) is 0. The number of hydrogen-bond acceptors (Lipinski definition) is 3. The molecule has 1 nitrogen and oxygen atoms in total. The van der Waals surface area contributed by atoms with Crippen LogP contribution in [-0.4, -0.2) is 4.89 Å². The van der Waals surface area contributed by atoms with Crippen LogP contribution < -0.4 is 5.30 Å².